The summed E-state index contributed by atoms with van der Waals surface area (Å²) in [6, 6.07) is 8.41. The lowest BCUT2D eigenvalue weighted by molar-refractivity contribution is 0.470. The molecule has 1 fully saturated rings. The van der Waals surface area contributed by atoms with E-state index in [0.717, 1.165) is 22.3 Å². The van der Waals surface area contributed by atoms with Crippen LogP contribution in [0, 0.1) is 0 Å². The zero-order valence-corrected chi connectivity index (χ0v) is 13.1. The van der Waals surface area contributed by atoms with Gasteiger partial charge in [0.25, 0.3) is 0 Å². The van der Waals surface area contributed by atoms with Crippen LogP contribution in [0.25, 0.3) is 0 Å². The van der Waals surface area contributed by atoms with E-state index < -0.39 is 0 Å². The first-order chi connectivity index (χ1) is 9.70. The number of ether oxygens (including phenoxy) is 1. The van der Waals surface area contributed by atoms with Crippen molar-refractivity contribution in [2.45, 2.75) is 25.4 Å². The number of halogens is 2. The largest absolute Gasteiger partial charge is 0.455 e. The number of pyridine rings is 1. The van der Waals surface area contributed by atoms with E-state index in [2.05, 4.69) is 32.3 Å². The summed E-state index contributed by atoms with van der Waals surface area (Å²) in [6.45, 7) is 0.799. The van der Waals surface area contributed by atoms with Gasteiger partial charge in [-0.05, 0) is 31.0 Å². The second kappa shape index (κ2) is 6.12. The number of hydrogen-bond donors (Lipinski definition) is 1. The highest BCUT2D eigenvalue weighted by Gasteiger charge is 2.20. The van der Waals surface area contributed by atoms with E-state index in [1.165, 1.54) is 12.8 Å². The summed E-state index contributed by atoms with van der Waals surface area (Å²) in [5.41, 5.74) is 1.12. The normalized spacial score (nSPS) is 14.3. The Hall–Kier alpha value is -1.10. The third-order valence-corrected chi connectivity index (χ3v) is 3.79. The van der Waals surface area contributed by atoms with Crippen LogP contribution in [0.5, 0.6) is 11.5 Å². The molecule has 1 heterocycles. The minimum atomic E-state index is 0.567. The molecule has 0 spiro atoms. The standard InChI is InChI=1S/C15H14BrClN2O/c16-11-1-4-15(10(5-11)7-19-13-2-3-13)20-14-6-12(17)8-18-9-14/h1,4-6,8-9,13,19H,2-3,7H2. The molecular formula is C15H14BrClN2O. The smallest absolute Gasteiger partial charge is 0.147 e. The fraction of sp³-hybridized carbons (Fsp3) is 0.267. The van der Waals surface area contributed by atoms with Gasteiger partial charge in [-0.3, -0.25) is 4.98 Å². The van der Waals surface area contributed by atoms with Gasteiger partial charge in [-0.1, -0.05) is 27.5 Å². The highest BCUT2D eigenvalue weighted by Crippen LogP contribution is 2.29. The maximum atomic E-state index is 5.92. The molecule has 0 bridgehead atoms. The van der Waals surface area contributed by atoms with Crippen LogP contribution in [-0.2, 0) is 6.54 Å². The topological polar surface area (TPSA) is 34.1 Å². The second-order valence-electron chi connectivity index (χ2n) is 4.85. The fourth-order valence-electron chi connectivity index (χ4n) is 1.90. The first-order valence-corrected chi connectivity index (χ1v) is 7.68. The zero-order valence-electron chi connectivity index (χ0n) is 10.8. The van der Waals surface area contributed by atoms with Gasteiger partial charge in [0.05, 0.1) is 11.2 Å². The van der Waals surface area contributed by atoms with Crippen molar-refractivity contribution in [1.29, 1.82) is 0 Å². The minimum absolute atomic E-state index is 0.567. The van der Waals surface area contributed by atoms with Gasteiger partial charge in [-0.2, -0.15) is 0 Å². The molecule has 0 amide bonds. The van der Waals surface area contributed by atoms with E-state index in [0.29, 0.717) is 16.8 Å². The van der Waals surface area contributed by atoms with Crippen molar-refractivity contribution < 1.29 is 4.74 Å². The molecule has 1 aromatic heterocycles. The molecular weight excluding hydrogens is 340 g/mol. The first kappa shape index (κ1) is 13.9. The van der Waals surface area contributed by atoms with Crippen molar-refractivity contribution in [2.24, 2.45) is 0 Å². The maximum Gasteiger partial charge on any atom is 0.147 e. The van der Waals surface area contributed by atoms with E-state index >= 15 is 0 Å². The van der Waals surface area contributed by atoms with Crippen LogP contribution in [-0.4, -0.2) is 11.0 Å². The summed E-state index contributed by atoms with van der Waals surface area (Å²) in [5.74, 6) is 1.47. The van der Waals surface area contributed by atoms with Crippen LogP contribution >= 0.6 is 27.5 Å². The highest BCUT2D eigenvalue weighted by molar-refractivity contribution is 9.10. The number of benzene rings is 1. The average molecular weight is 354 g/mol. The van der Waals surface area contributed by atoms with Gasteiger partial charge in [-0.15, -0.1) is 0 Å². The molecule has 1 aliphatic rings. The molecule has 0 unspecified atom stereocenters. The third-order valence-electron chi connectivity index (χ3n) is 3.09. The van der Waals surface area contributed by atoms with Gasteiger partial charge < -0.3 is 10.1 Å². The van der Waals surface area contributed by atoms with E-state index in [1.807, 2.05) is 12.1 Å². The number of hydrogen-bond acceptors (Lipinski definition) is 3. The lowest BCUT2D eigenvalue weighted by Crippen LogP contribution is -2.15. The lowest BCUT2D eigenvalue weighted by atomic mass is 10.2. The van der Waals surface area contributed by atoms with E-state index in [9.17, 15) is 0 Å². The molecule has 1 saturated carbocycles. The first-order valence-electron chi connectivity index (χ1n) is 6.51. The molecule has 20 heavy (non-hydrogen) atoms. The Morgan fingerprint density at radius 2 is 2.15 bits per heavy atom. The van der Waals surface area contributed by atoms with Gasteiger partial charge in [0, 0.05) is 34.9 Å². The van der Waals surface area contributed by atoms with Gasteiger partial charge >= 0.3 is 0 Å². The molecule has 5 heteroatoms. The molecule has 3 nitrogen and oxygen atoms in total. The van der Waals surface area contributed by atoms with Crippen LogP contribution < -0.4 is 10.1 Å². The molecule has 3 rings (SSSR count). The van der Waals surface area contributed by atoms with Crippen molar-refractivity contribution in [3.8, 4) is 11.5 Å². The molecule has 0 atom stereocenters. The van der Waals surface area contributed by atoms with E-state index in [4.69, 9.17) is 16.3 Å². The molecule has 1 N–H and O–H groups in total. The van der Waals surface area contributed by atoms with Gasteiger partial charge in [-0.25, -0.2) is 0 Å². The fourth-order valence-corrected chi connectivity index (χ4v) is 2.48. The lowest BCUT2D eigenvalue weighted by Gasteiger charge is -2.12. The summed E-state index contributed by atoms with van der Waals surface area (Å²) >= 11 is 9.42. The third kappa shape index (κ3) is 3.72. The van der Waals surface area contributed by atoms with Crippen molar-refractivity contribution in [3.63, 3.8) is 0 Å². The van der Waals surface area contributed by atoms with Crippen LogP contribution in [0.4, 0.5) is 0 Å². The summed E-state index contributed by atoms with van der Waals surface area (Å²) in [4.78, 5) is 4.03. The van der Waals surface area contributed by atoms with Crippen LogP contribution in [0.2, 0.25) is 5.02 Å². The highest BCUT2D eigenvalue weighted by atomic mass is 79.9. The summed E-state index contributed by atoms with van der Waals surface area (Å²) in [7, 11) is 0. The van der Waals surface area contributed by atoms with Crippen molar-refractivity contribution in [2.75, 3.05) is 0 Å². The SMILES string of the molecule is Clc1cncc(Oc2ccc(Br)cc2CNC2CC2)c1. The van der Waals surface area contributed by atoms with Crippen LogP contribution in [0.3, 0.4) is 0 Å². The Kier molecular flexibility index (Phi) is 4.24. The van der Waals surface area contributed by atoms with Crippen molar-refractivity contribution in [3.05, 3.63) is 51.7 Å². The van der Waals surface area contributed by atoms with E-state index in [-0.39, 0.29) is 0 Å². The molecule has 1 aliphatic carbocycles. The summed E-state index contributed by atoms with van der Waals surface area (Å²) < 4.78 is 6.93. The van der Waals surface area contributed by atoms with Crippen LogP contribution in [0.15, 0.2) is 41.1 Å². The Labute approximate surface area is 131 Å². The molecule has 104 valence electrons. The Morgan fingerprint density at radius 1 is 1.30 bits per heavy atom. The predicted octanol–water partition coefficient (Wildman–Crippen LogP) is 4.54. The quantitative estimate of drug-likeness (QED) is 0.857. The van der Waals surface area contributed by atoms with Gasteiger partial charge in [0.1, 0.15) is 11.5 Å². The number of rotatable bonds is 5. The second-order valence-corrected chi connectivity index (χ2v) is 6.20. The van der Waals surface area contributed by atoms with Crippen molar-refractivity contribution in [1.82, 2.24) is 10.3 Å². The summed E-state index contributed by atoms with van der Waals surface area (Å²) in [5, 5.41) is 4.06. The average Bonchev–Trinajstić information content (AvgIpc) is 3.23. The molecule has 0 aliphatic heterocycles. The van der Waals surface area contributed by atoms with Gasteiger partial charge in [0.15, 0.2) is 0 Å². The Morgan fingerprint density at radius 3 is 2.90 bits per heavy atom. The predicted molar refractivity (Wildman–Crippen MR) is 83.3 cm³/mol. The van der Waals surface area contributed by atoms with E-state index in [1.54, 1.807) is 18.5 Å². The molecule has 2 aromatic rings. The number of nitrogens with zero attached hydrogens (tertiary/aromatic N) is 1. The Bertz CT molecular complexity index is 617. The Balaban J connectivity index is 1.79. The maximum absolute atomic E-state index is 5.92. The summed E-state index contributed by atoms with van der Waals surface area (Å²) in [6.07, 6.45) is 5.78. The zero-order chi connectivity index (χ0) is 13.9. The molecule has 1 aromatic carbocycles. The van der Waals surface area contributed by atoms with Gasteiger partial charge in [0.2, 0.25) is 0 Å². The number of nitrogens with one attached hydrogen (secondary N) is 1. The molecule has 0 radical (unpaired) electrons. The van der Waals surface area contributed by atoms with Crippen molar-refractivity contribution >= 4 is 27.5 Å². The van der Waals surface area contributed by atoms with Crippen LogP contribution in [0.1, 0.15) is 18.4 Å². The minimum Gasteiger partial charge on any atom is -0.455 e. The monoisotopic (exact) mass is 352 g/mol. The molecule has 0 saturated heterocycles. The number of aromatic nitrogens is 1.